The summed E-state index contributed by atoms with van der Waals surface area (Å²) in [4.78, 5) is 1.41. The fourth-order valence-electron chi connectivity index (χ4n) is 2.65. The number of benzene rings is 2. The Bertz CT molecular complexity index is 791. The van der Waals surface area contributed by atoms with E-state index in [0.717, 1.165) is 4.47 Å². The number of fused-ring (bicyclic) bond motifs is 1. The van der Waals surface area contributed by atoms with Crippen LogP contribution in [-0.4, -0.2) is 0 Å². The quantitative estimate of drug-likeness (QED) is 0.566. The molecule has 2 aromatic carbocycles. The van der Waals surface area contributed by atoms with E-state index in [4.69, 9.17) is 0 Å². The molecule has 0 spiro atoms. The average molecular weight is 360 g/mol. The molecule has 0 amide bonds. The number of halogens is 1. The van der Waals surface area contributed by atoms with Gasteiger partial charge in [-0.15, -0.1) is 11.3 Å². The van der Waals surface area contributed by atoms with Gasteiger partial charge in [-0.1, -0.05) is 40.2 Å². The van der Waals surface area contributed by atoms with E-state index in [1.54, 1.807) is 0 Å². The van der Waals surface area contributed by atoms with Crippen molar-refractivity contribution in [2.45, 2.75) is 26.8 Å². The van der Waals surface area contributed by atoms with E-state index >= 15 is 0 Å². The predicted octanol–water partition coefficient (Wildman–Crippen LogP) is 6.45. The van der Waals surface area contributed by atoms with E-state index in [9.17, 15) is 0 Å². The van der Waals surface area contributed by atoms with Crippen LogP contribution in [0.15, 0.2) is 46.9 Å². The second-order valence-electron chi connectivity index (χ2n) is 5.41. The Morgan fingerprint density at radius 3 is 2.62 bits per heavy atom. The minimum Gasteiger partial charge on any atom is -0.377 e. The molecule has 3 heteroatoms. The molecule has 3 rings (SSSR count). The van der Waals surface area contributed by atoms with Crippen LogP contribution in [0.5, 0.6) is 0 Å². The van der Waals surface area contributed by atoms with E-state index in [0.29, 0.717) is 6.04 Å². The number of nitrogens with one attached hydrogen (secondary N) is 1. The van der Waals surface area contributed by atoms with Crippen molar-refractivity contribution in [3.05, 3.63) is 62.9 Å². The molecule has 1 aromatic heterocycles. The Balaban J connectivity index is 1.95. The molecular weight excluding hydrogens is 342 g/mol. The van der Waals surface area contributed by atoms with Crippen LogP contribution in [0.2, 0.25) is 0 Å². The molecule has 21 heavy (non-hydrogen) atoms. The van der Waals surface area contributed by atoms with E-state index < -0.39 is 0 Å². The van der Waals surface area contributed by atoms with Crippen LogP contribution in [0.4, 0.5) is 5.69 Å². The summed E-state index contributed by atoms with van der Waals surface area (Å²) in [6.45, 7) is 6.59. The Labute approximate surface area is 138 Å². The van der Waals surface area contributed by atoms with E-state index in [1.165, 1.54) is 31.8 Å². The molecule has 1 nitrogen and oxygen atoms in total. The van der Waals surface area contributed by atoms with Crippen molar-refractivity contribution >= 4 is 43.0 Å². The zero-order chi connectivity index (χ0) is 15.0. The molecular formula is C18H18BrNS. The van der Waals surface area contributed by atoms with Crippen molar-refractivity contribution in [1.29, 1.82) is 0 Å². The Hall–Kier alpha value is -1.32. The molecule has 1 atom stereocenters. The molecule has 0 aliphatic heterocycles. The van der Waals surface area contributed by atoms with E-state index in [-0.39, 0.29) is 0 Å². The first kappa shape index (κ1) is 14.6. The average Bonchev–Trinajstić information content (AvgIpc) is 2.81. The first-order valence-corrected chi connectivity index (χ1v) is 8.68. The smallest absolute Gasteiger partial charge is 0.0581 e. The third-order valence-electron chi connectivity index (χ3n) is 3.85. The molecule has 0 aliphatic carbocycles. The molecule has 0 aliphatic rings. The van der Waals surface area contributed by atoms with Gasteiger partial charge in [0.25, 0.3) is 0 Å². The molecule has 3 aromatic rings. The van der Waals surface area contributed by atoms with Gasteiger partial charge in [-0.2, -0.15) is 0 Å². The van der Waals surface area contributed by atoms with Gasteiger partial charge in [-0.3, -0.25) is 0 Å². The van der Waals surface area contributed by atoms with Crippen molar-refractivity contribution in [3.8, 4) is 0 Å². The fraction of sp³-hybridized carbons (Fsp3) is 0.222. The predicted molar refractivity (Wildman–Crippen MR) is 97.5 cm³/mol. The molecule has 0 saturated carbocycles. The lowest BCUT2D eigenvalue weighted by molar-refractivity contribution is 0.898. The number of anilines is 1. The summed E-state index contributed by atoms with van der Waals surface area (Å²) in [5, 5.41) is 5.02. The molecule has 0 bridgehead atoms. The van der Waals surface area contributed by atoms with Crippen molar-refractivity contribution in [1.82, 2.24) is 0 Å². The van der Waals surface area contributed by atoms with Gasteiger partial charge in [0.05, 0.1) is 6.04 Å². The zero-order valence-electron chi connectivity index (χ0n) is 12.4. The van der Waals surface area contributed by atoms with Gasteiger partial charge in [0, 0.05) is 19.7 Å². The summed E-state index contributed by atoms with van der Waals surface area (Å²) in [6, 6.07) is 15.3. The van der Waals surface area contributed by atoms with Crippen LogP contribution >= 0.6 is 27.3 Å². The maximum absolute atomic E-state index is 3.65. The van der Waals surface area contributed by atoms with E-state index in [2.05, 4.69) is 84.5 Å². The third-order valence-corrected chi connectivity index (χ3v) is 5.79. The number of rotatable bonds is 3. The van der Waals surface area contributed by atoms with Crippen LogP contribution in [0.25, 0.3) is 10.1 Å². The summed E-state index contributed by atoms with van der Waals surface area (Å²) in [5.41, 5.74) is 3.85. The standard InChI is InChI=1S/C18H18BrNS/c1-11-8-9-14(19)10-16(11)20-13(3)18-12(2)15-6-4-5-7-17(15)21-18/h4-10,13,20H,1-3H3. The number of aryl methyl sites for hydroxylation is 2. The lowest BCUT2D eigenvalue weighted by Gasteiger charge is -2.17. The second kappa shape index (κ2) is 5.82. The van der Waals surface area contributed by atoms with Crippen LogP contribution in [-0.2, 0) is 0 Å². The monoisotopic (exact) mass is 359 g/mol. The lowest BCUT2D eigenvalue weighted by atomic mass is 10.1. The fourth-order valence-corrected chi connectivity index (χ4v) is 4.23. The van der Waals surface area contributed by atoms with Crippen LogP contribution in [0, 0.1) is 13.8 Å². The number of hydrogen-bond donors (Lipinski definition) is 1. The first-order chi connectivity index (χ1) is 10.1. The van der Waals surface area contributed by atoms with Gasteiger partial charge < -0.3 is 5.32 Å². The minimum atomic E-state index is 0.301. The Morgan fingerprint density at radius 2 is 1.86 bits per heavy atom. The highest BCUT2D eigenvalue weighted by molar-refractivity contribution is 9.10. The van der Waals surface area contributed by atoms with Gasteiger partial charge in [0.1, 0.15) is 0 Å². The van der Waals surface area contributed by atoms with Crippen molar-refractivity contribution in [2.24, 2.45) is 0 Å². The number of hydrogen-bond acceptors (Lipinski definition) is 2. The third kappa shape index (κ3) is 2.85. The molecule has 0 saturated heterocycles. The molecule has 108 valence electrons. The highest BCUT2D eigenvalue weighted by Crippen LogP contribution is 2.36. The van der Waals surface area contributed by atoms with Gasteiger partial charge in [0.15, 0.2) is 0 Å². The van der Waals surface area contributed by atoms with Gasteiger partial charge in [-0.05, 0) is 55.5 Å². The lowest BCUT2D eigenvalue weighted by Crippen LogP contribution is -2.07. The highest BCUT2D eigenvalue weighted by atomic mass is 79.9. The van der Waals surface area contributed by atoms with Crippen LogP contribution in [0.1, 0.15) is 29.0 Å². The van der Waals surface area contributed by atoms with Crippen molar-refractivity contribution in [2.75, 3.05) is 5.32 Å². The first-order valence-electron chi connectivity index (χ1n) is 7.07. The van der Waals surface area contributed by atoms with Gasteiger partial charge in [0.2, 0.25) is 0 Å². The number of thiophene rings is 1. The largest absolute Gasteiger partial charge is 0.377 e. The Morgan fingerprint density at radius 1 is 1.10 bits per heavy atom. The molecule has 1 heterocycles. The van der Waals surface area contributed by atoms with Crippen LogP contribution in [0.3, 0.4) is 0 Å². The van der Waals surface area contributed by atoms with Crippen LogP contribution < -0.4 is 5.32 Å². The summed E-state index contributed by atoms with van der Waals surface area (Å²) in [6.07, 6.45) is 0. The SMILES string of the molecule is Cc1ccc(Br)cc1NC(C)c1sc2ccccc2c1C. The maximum Gasteiger partial charge on any atom is 0.0581 e. The summed E-state index contributed by atoms with van der Waals surface area (Å²) in [5.74, 6) is 0. The summed E-state index contributed by atoms with van der Waals surface area (Å²) < 4.78 is 2.47. The highest BCUT2D eigenvalue weighted by Gasteiger charge is 2.15. The summed E-state index contributed by atoms with van der Waals surface area (Å²) in [7, 11) is 0. The molecule has 0 radical (unpaired) electrons. The van der Waals surface area contributed by atoms with Crippen molar-refractivity contribution in [3.63, 3.8) is 0 Å². The second-order valence-corrected chi connectivity index (χ2v) is 7.41. The van der Waals surface area contributed by atoms with E-state index in [1.807, 2.05) is 11.3 Å². The zero-order valence-corrected chi connectivity index (χ0v) is 14.8. The van der Waals surface area contributed by atoms with Crippen molar-refractivity contribution < 1.29 is 0 Å². The van der Waals surface area contributed by atoms with Gasteiger partial charge in [-0.25, -0.2) is 0 Å². The summed E-state index contributed by atoms with van der Waals surface area (Å²) >= 11 is 5.43. The minimum absolute atomic E-state index is 0.301. The molecule has 1 N–H and O–H groups in total. The molecule has 1 unspecified atom stereocenters. The normalized spacial score (nSPS) is 12.6. The van der Waals surface area contributed by atoms with Gasteiger partial charge >= 0.3 is 0 Å². The Kier molecular flexibility index (Phi) is 4.05. The topological polar surface area (TPSA) is 12.0 Å². The molecule has 0 fully saturated rings. The maximum atomic E-state index is 3.65.